The molecule has 1 fully saturated rings. The van der Waals surface area contributed by atoms with Crippen molar-refractivity contribution in [2.24, 2.45) is 0 Å². The van der Waals surface area contributed by atoms with Crippen molar-refractivity contribution in [3.05, 3.63) is 42.6 Å². The van der Waals surface area contributed by atoms with Crippen molar-refractivity contribution in [2.45, 2.75) is 37.4 Å². The Bertz CT molecular complexity index is 1100. The van der Waals surface area contributed by atoms with Crippen LogP contribution in [-0.4, -0.2) is 59.4 Å². The Balaban J connectivity index is 1.76. The summed E-state index contributed by atoms with van der Waals surface area (Å²) in [5, 5.41) is 12.3. The number of rotatable bonds is 6. The highest BCUT2D eigenvalue weighted by atomic mass is 19.1. The van der Waals surface area contributed by atoms with Gasteiger partial charge in [-0.05, 0) is 37.1 Å². The Morgan fingerprint density at radius 1 is 1.39 bits per heavy atom. The number of aromatic nitrogens is 2. The van der Waals surface area contributed by atoms with Crippen LogP contribution in [0.3, 0.4) is 0 Å². The Kier molecular flexibility index (Phi) is 5.92. The quantitative estimate of drug-likeness (QED) is 0.637. The molecule has 1 aromatic carbocycles. The smallest absolute Gasteiger partial charge is 0.335 e. The fourth-order valence-electron chi connectivity index (χ4n) is 4.37. The van der Waals surface area contributed by atoms with Crippen LogP contribution >= 0.6 is 0 Å². The third-order valence-electron chi connectivity index (χ3n) is 6.23. The zero-order valence-electron chi connectivity index (χ0n) is 18.5. The monoisotopic (exact) mass is 455 g/mol. The second-order valence-corrected chi connectivity index (χ2v) is 8.24. The minimum atomic E-state index is -2.25. The number of amides is 1. The number of methoxy groups -OCH3 is 1. The second kappa shape index (κ2) is 8.68. The third-order valence-corrected chi connectivity index (χ3v) is 6.23. The van der Waals surface area contributed by atoms with Gasteiger partial charge in [0.1, 0.15) is 11.4 Å². The van der Waals surface area contributed by atoms with Crippen LogP contribution < -0.4 is 19.9 Å². The van der Waals surface area contributed by atoms with Gasteiger partial charge in [0, 0.05) is 13.1 Å². The molecule has 0 spiro atoms. The van der Waals surface area contributed by atoms with Crippen LogP contribution in [0.4, 0.5) is 27.5 Å². The molecule has 2 N–H and O–H groups in total. The highest BCUT2D eigenvalue weighted by Crippen LogP contribution is 2.40. The number of ether oxygens (including phenoxy) is 1. The first kappa shape index (κ1) is 22.5. The summed E-state index contributed by atoms with van der Waals surface area (Å²) in [6.45, 7) is 3.39. The number of nitrogens with one attached hydrogen (secondary N) is 1. The molecule has 33 heavy (non-hydrogen) atoms. The van der Waals surface area contributed by atoms with E-state index in [4.69, 9.17) is 4.74 Å². The number of aromatic carboxylic acids is 1. The van der Waals surface area contributed by atoms with Crippen molar-refractivity contribution in [1.29, 1.82) is 0 Å². The molecule has 174 valence electrons. The first-order valence-electron chi connectivity index (χ1n) is 10.7. The van der Waals surface area contributed by atoms with Crippen molar-refractivity contribution < 1.29 is 23.8 Å². The van der Waals surface area contributed by atoms with Gasteiger partial charge in [-0.2, -0.15) is 4.98 Å². The van der Waals surface area contributed by atoms with E-state index in [0.717, 1.165) is 31.8 Å². The van der Waals surface area contributed by atoms with Crippen molar-refractivity contribution in [1.82, 2.24) is 9.97 Å². The Labute approximate surface area is 190 Å². The number of hydrogen-bond donors (Lipinski definition) is 2. The molecule has 0 saturated heterocycles. The van der Waals surface area contributed by atoms with E-state index in [-0.39, 0.29) is 24.1 Å². The van der Waals surface area contributed by atoms with E-state index in [1.807, 2.05) is 4.90 Å². The maximum absolute atomic E-state index is 15.6. The summed E-state index contributed by atoms with van der Waals surface area (Å²) in [6, 6.07) is 4.44. The van der Waals surface area contributed by atoms with Gasteiger partial charge >= 0.3 is 5.97 Å². The topological polar surface area (TPSA) is 108 Å². The Morgan fingerprint density at radius 3 is 2.76 bits per heavy atom. The summed E-state index contributed by atoms with van der Waals surface area (Å²) in [4.78, 5) is 36.2. The van der Waals surface area contributed by atoms with Gasteiger partial charge in [0.05, 0.1) is 31.1 Å². The third kappa shape index (κ3) is 4.08. The Morgan fingerprint density at radius 2 is 2.12 bits per heavy atom. The van der Waals surface area contributed by atoms with Crippen LogP contribution in [0.5, 0.6) is 5.75 Å². The first-order valence-corrected chi connectivity index (χ1v) is 10.7. The summed E-state index contributed by atoms with van der Waals surface area (Å²) >= 11 is 0. The molecule has 0 unspecified atom stereocenters. The zero-order chi connectivity index (χ0) is 23.8. The minimum absolute atomic E-state index is 0.0465. The number of nitrogens with zero attached hydrogens (tertiary/aromatic N) is 4. The van der Waals surface area contributed by atoms with Gasteiger partial charge in [0.15, 0.2) is 5.82 Å². The molecule has 1 aliphatic heterocycles. The number of hydrogen-bond acceptors (Lipinski definition) is 7. The van der Waals surface area contributed by atoms with Gasteiger partial charge in [-0.1, -0.05) is 19.4 Å². The second-order valence-electron chi connectivity index (χ2n) is 8.24. The van der Waals surface area contributed by atoms with E-state index >= 15 is 4.39 Å². The lowest BCUT2D eigenvalue weighted by Gasteiger charge is -2.32. The largest absolute Gasteiger partial charge is 0.495 e. The van der Waals surface area contributed by atoms with E-state index in [2.05, 4.69) is 21.9 Å². The molecule has 9 nitrogen and oxygen atoms in total. The number of carboxylic acid groups (broad SMARTS) is 1. The van der Waals surface area contributed by atoms with E-state index in [9.17, 15) is 14.7 Å². The van der Waals surface area contributed by atoms with Gasteiger partial charge in [-0.3, -0.25) is 4.79 Å². The van der Waals surface area contributed by atoms with E-state index in [1.54, 1.807) is 6.07 Å². The minimum Gasteiger partial charge on any atom is -0.495 e. The van der Waals surface area contributed by atoms with Gasteiger partial charge < -0.3 is 25.0 Å². The molecule has 1 amide bonds. The lowest BCUT2D eigenvalue weighted by Crippen LogP contribution is -2.49. The number of halogens is 1. The van der Waals surface area contributed by atoms with E-state index in [0.29, 0.717) is 22.9 Å². The molecular formula is C23H26FN5O4. The van der Waals surface area contributed by atoms with Crippen molar-refractivity contribution in [3.63, 3.8) is 0 Å². The molecule has 2 heterocycles. The number of carbonyl (C=O) groups excluding carboxylic acids is 1. The van der Waals surface area contributed by atoms with Crippen molar-refractivity contribution in [3.8, 4) is 5.75 Å². The predicted molar refractivity (Wildman–Crippen MR) is 122 cm³/mol. The van der Waals surface area contributed by atoms with Crippen LogP contribution in [-0.2, 0) is 4.79 Å². The molecule has 4 rings (SSSR count). The van der Waals surface area contributed by atoms with Crippen LogP contribution in [0.15, 0.2) is 37.1 Å². The molecule has 1 aromatic heterocycles. The summed E-state index contributed by atoms with van der Waals surface area (Å²) in [5.74, 6) is -0.808. The number of carbonyl (C=O) groups is 2. The summed E-state index contributed by atoms with van der Waals surface area (Å²) < 4.78 is 21.0. The van der Waals surface area contributed by atoms with Crippen LogP contribution in [0.2, 0.25) is 0 Å². The van der Waals surface area contributed by atoms with Crippen LogP contribution in [0, 0.1) is 0 Å². The zero-order valence-corrected chi connectivity index (χ0v) is 18.5. The highest BCUT2D eigenvalue weighted by molar-refractivity contribution is 6.04. The average Bonchev–Trinajstić information content (AvgIpc) is 3.34. The molecule has 1 aliphatic carbocycles. The molecule has 2 aliphatic rings. The molecule has 1 atom stereocenters. The number of fused-ring (bicyclic) bond motifs is 1. The van der Waals surface area contributed by atoms with E-state index in [1.165, 1.54) is 37.4 Å². The summed E-state index contributed by atoms with van der Waals surface area (Å²) in [6.07, 6.45) is 6.34. The fourth-order valence-corrected chi connectivity index (χ4v) is 4.37. The van der Waals surface area contributed by atoms with Crippen molar-refractivity contribution in [2.75, 3.05) is 35.8 Å². The van der Waals surface area contributed by atoms with Gasteiger partial charge in [-0.15, -0.1) is 0 Å². The summed E-state index contributed by atoms with van der Waals surface area (Å²) in [5.41, 5.74) is -1.29. The summed E-state index contributed by atoms with van der Waals surface area (Å²) in [7, 11) is 2.93. The first-order chi connectivity index (χ1) is 15.8. The van der Waals surface area contributed by atoms with E-state index < -0.39 is 17.5 Å². The lowest BCUT2D eigenvalue weighted by atomic mass is 10.0. The SMILES string of the molecule is C=C[C@@]1(F)CN(C2CCCC2)c2nc(Nc3ccc(C(=O)O)cc3OC)ncc2N(C)C1=O. The fraction of sp³-hybridized carbons (Fsp3) is 0.391. The normalized spacial score (nSPS) is 20.9. The van der Waals surface area contributed by atoms with Crippen LogP contribution in [0.1, 0.15) is 36.0 Å². The molecule has 1 saturated carbocycles. The lowest BCUT2D eigenvalue weighted by molar-refractivity contribution is -0.126. The van der Waals surface area contributed by atoms with Gasteiger partial charge in [0.25, 0.3) is 5.91 Å². The molecule has 2 aromatic rings. The van der Waals surface area contributed by atoms with Gasteiger partial charge in [-0.25, -0.2) is 14.2 Å². The average molecular weight is 455 g/mol. The Hall–Kier alpha value is -3.69. The molecular weight excluding hydrogens is 429 g/mol. The molecule has 0 radical (unpaired) electrons. The van der Waals surface area contributed by atoms with Crippen molar-refractivity contribution >= 4 is 35.0 Å². The standard InChI is InChI=1S/C23H26FN5O4/c1-4-23(24)13-29(15-7-5-6-8-15)19-17(28(2)21(23)32)12-25-22(27-19)26-16-10-9-14(20(30)31)11-18(16)33-3/h4,9-12,15H,1,5-8,13H2,2-3H3,(H,30,31)(H,25,26,27)/t23-/m1/s1. The highest BCUT2D eigenvalue weighted by Gasteiger charge is 2.46. The van der Waals surface area contributed by atoms with Gasteiger partial charge in [0.2, 0.25) is 11.6 Å². The number of alkyl halides is 1. The maximum atomic E-state index is 15.6. The number of carboxylic acids is 1. The molecule has 0 bridgehead atoms. The number of benzene rings is 1. The number of anilines is 4. The van der Waals surface area contributed by atoms with Crippen LogP contribution in [0.25, 0.3) is 0 Å². The maximum Gasteiger partial charge on any atom is 0.335 e. The molecule has 10 heteroatoms. The predicted octanol–water partition coefficient (Wildman–Crippen LogP) is 3.55.